The van der Waals surface area contributed by atoms with Crippen LogP contribution in [0.5, 0.6) is 0 Å². The Hall–Kier alpha value is -2.01. The van der Waals surface area contributed by atoms with Crippen molar-refractivity contribution in [2.24, 2.45) is 0 Å². The van der Waals surface area contributed by atoms with Crippen molar-refractivity contribution in [3.63, 3.8) is 0 Å². The molecule has 1 aliphatic rings. The van der Waals surface area contributed by atoms with Gasteiger partial charge in [0.1, 0.15) is 0 Å². The van der Waals surface area contributed by atoms with Crippen molar-refractivity contribution in [2.75, 3.05) is 11.4 Å². The molecule has 2 heteroatoms. The largest absolute Gasteiger partial charge is 0.346 e. The molecule has 0 fully saturated rings. The van der Waals surface area contributed by atoms with Gasteiger partial charge < -0.3 is 4.90 Å². The van der Waals surface area contributed by atoms with E-state index in [2.05, 4.69) is 29.2 Å². The van der Waals surface area contributed by atoms with Gasteiger partial charge in [0.05, 0.1) is 12.5 Å². The maximum atomic E-state index is 8.60. The Morgan fingerprint density at radius 1 is 1.20 bits per heavy atom. The summed E-state index contributed by atoms with van der Waals surface area (Å²) in [5, 5.41) is 8.60. The summed E-state index contributed by atoms with van der Waals surface area (Å²) in [6, 6.07) is 10.4. The van der Waals surface area contributed by atoms with Crippen LogP contribution >= 0.6 is 0 Å². The second-order valence-corrected chi connectivity index (χ2v) is 3.36. The van der Waals surface area contributed by atoms with Crippen LogP contribution in [-0.4, -0.2) is 6.54 Å². The second-order valence-electron chi connectivity index (χ2n) is 3.36. The van der Waals surface area contributed by atoms with E-state index in [9.17, 15) is 0 Å². The number of anilines is 1. The first-order valence-electron chi connectivity index (χ1n) is 4.99. The van der Waals surface area contributed by atoms with Gasteiger partial charge in [0.15, 0.2) is 0 Å². The smallest absolute Gasteiger partial charge is 0.0640 e. The van der Waals surface area contributed by atoms with Gasteiger partial charge in [0.2, 0.25) is 0 Å². The Bertz CT molecular complexity index is 438. The van der Waals surface area contributed by atoms with Gasteiger partial charge in [-0.15, -0.1) is 0 Å². The molecule has 0 saturated carbocycles. The molecular weight excluding hydrogens is 184 g/mol. The van der Waals surface area contributed by atoms with E-state index in [0.717, 1.165) is 12.2 Å². The fourth-order valence-corrected chi connectivity index (χ4v) is 1.65. The van der Waals surface area contributed by atoms with Crippen molar-refractivity contribution in [3.8, 4) is 6.07 Å². The average Bonchev–Trinajstić information content (AvgIpc) is 2.49. The van der Waals surface area contributed by atoms with E-state index in [1.807, 2.05) is 30.5 Å². The third-order valence-corrected chi connectivity index (χ3v) is 2.36. The minimum absolute atomic E-state index is 0.540. The fraction of sp³-hybridized carbons (Fsp3) is 0.154. The van der Waals surface area contributed by atoms with Crippen LogP contribution in [0.2, 0.25) is 0 Å². The molecule has 0 aliphatic carbocycles. The molecule has 2 nitrogen and oxygen atoms in total. The minimum atomic E-state index is 0.540. The molecule has 0 radical (unpaired) electrons. The summed E-state index contributed by atoms with van der Waals surface area (Å²) in [5.74, 6) is 0. The Labute approximate surface area is 89.8 Å². The number of nitriles is 1. The lowest BCUT2D eigenvalue weighted by molar-refractivity contribution is 0.941. The topological polar surface area (TPSA) is 27.0 Å². The van der Waals surface area contributed by atoms with Crippen LogP contribution in [0.15, 0.2) is 42.6 Å². The van der Waals surface area contributed by atoms with E-state index >= 15 is 0 Å². The van der Waals surface area contributed by atoms with E-state index in [0.29, 0.717) is 6.42 Å². The van der Waals surface area contributed by atoms with Crippen LogP contribution in [0, 0.1) is 11.3 Å². The lowest BCUT2D eigenvalue weighted by atomic mass is 10.1. The lowest BCUT2D eigenvalue weighted by Gasteiger charge is -2.20. The molecule has 0 saturated heterocycles. The van der Waals surface area contributed by atoms with E-state index < -0.39 is 0 Å². The van der Waals surface area contributed by atoms with Gasteiger partial charge in [-0.2, -0.15) is 5.26 Å². The molecule has 15 heavy (non-hydrogen) atoms. The summed E-state index contributed by atoms with van der Waals surface area (Å²) in [5.41, 5.74) is 2.36. The van der Waals surface area contributed by atoms with Crippen molar-refractivity contribution in [1.29, 1.82) is 5.26 Å². The standard InChI is InChI=1S/C13H12N2/c14-9-5-11-15-10-4-3-7-12-6-1-2-8-13(12)15/h1-4,6-8,10H,5,11H2. The first-order chi connectivity index (χ1) is 7.42. The van der Waals surface area contributed by atoms with Gasteiger partial charge in [-0.25, -0.2) is 0 Å². The van der Waals surface area contributed by atoms with E-state index in [1.165, 1.54) is 5.56 Å². The third-order valence-electron chi connectivity index (χ3n) is 2.36. The number of para-hydroxylation sites is 1. The zero-order valence-corrected chi connectivity index (χ0v) is 8.43. The molecule has 0 unspecified atom stereocenters. The first-order valence-corrected chi connectivity index (χ1v) is 4.99. The molecule has 0 N–H and O–H groups in total. The maximum Gasteiger partial charge on any atom is 0.0640 e. The predicted molar refractivity (Wildman–Crippen MR) is 62.2 cm³/mol. The minimum Gasteiger partial charge on any atom is -0.346 e. The van der Waals surface area contributed by atoms with Gasteiger partial charge >= 0.3 is 0 Å². The summed E-state index contributed by atoms with van der Waals surface area (Å²) in [6.07, 6.45) is 8.65. The molecule has 0 bridgehead atoms. The van der Waals surface area contributed by atoms with Crippen LogP contribution in [0.1, 0.15) is 12.0 Å². The molecule has 1 heterocycles. The number of hydrogen-bond acceptors (Lipinski definition) is 2. The number of benzene rings is 1. The first kappa shape index (κ1) is 9.54. The highest BCUT2D eigenvalue weighted by Gasteiger charge is 2.07. The van der Waals surface area contributed by atoms with Crippen molar-refractivity contribution >= 4 is 11.8 Å². The van der Waals surface area contributed by atoms with Crippen molar-refractivity contribution < 1.29 is 0 Å². The van der Waals surface area contributed by atoms with Crippen molar-refractivity contribution in [2.45, 2.75) is 6.42 Å². The molecule has 0 amide bonds. The molecule has 0 spiro atoms. The van der Waals surface area contributed by atoms with Crippen molar-refractivity contribution in [1.82, 2.24) is 0 Å². The summed E-state index contributed by atoms with van der Waals surface area (Å²) in [4.78, 5) is 2.11. The SMILES string of the molecule is N#CCCN1C=CC=Cc2ccccc21. The molecule has 1 aliphatic heterocycles. The highest BCUT2D eigenvalue weighted by molar-refractivity contribution is 5.71. The number of hydrogen-bond donors (Lipinski definition) is 0. The lowest BCUT2D eigenvalue weighted by Crippen LogP contribution is -2.17. The van der Waals surface area contributed by atoms with E-state index in [-0.39, 0.29) is 0 Å². The maximum absolute atomic E-state index is 8.60. The summed E-state index contributed by atoms with van der Waals surface area (Å²) in [6.45, 7) is 0.742. The second kappa shape index (κ2) is 4.47. The molecular formula is C13H12N2. The van der Waals surface area contributed by atoms with Crippen LogP contribution in [0.3, 0.4) is 0 Å². The zero-order chi connectivity index (χ0) is 10.5. The summed E-state index contributed by atoms with van der Waals surface area (Å²) >= 11 is 0. The highest BCUT2D eigenvalue weighted by Crippen LogP contribution is 2.24. The predicted octanol–water partition coefficient (Wildman–Crippen LogP) is 2.95. The zero-order valence-electron chi connectivity index (χ0n) is 8.43. The Kier molecular flexibility index (Phi) is 2.85. The van der Waals surface area contributed by atoms with Gasteiger partial charge in [0, 0.05) is 18.4 Å². The van der Waals surface area contributed by atoms with Gasteiger partial charge in [-0.05, 0) is 17.7 Å². The van der Waals surface area contributed by atoms with Crippen LogP contribution in [0.4, 0.5) is 5.69 Å². The molecule has 1 aromatic carbocycles. The molecule has 1 aromatic rings. The number of nitrogens with zero attached hydrogens (tertiary/aromatic N) is 2. The number of rotatable bonds is 2. The number of fused-ring (bicyclic) bond motifs is 1. The molecule has 0 aromatic heterocycles. The van der Waals surface area contributed by atoms with E-state index in [1.54, 1.807) is 0 Å². The van der Waals surface area contributed by atoms with Gasteiger partial charge in [0.25, 0.3) is 0 Å². The highest BCUT2D eigenvalue weighted by atomic mass is 15.1. The Morgan fingerprint density at radius 2 is 2.07 bits per heavy atom. The summed E-state index contributed by atoms with van der Waals surface area (Å²) in [7, 11) is 0. The van der Waals surface area contributed by atoms with Gasteiger partial charge in [-0.3, -0.25) is 0 Å². The Morgan fingerprint density at radius 3 is 2.93 bits per heavy atom. The quantitative estimate of drug-likeness (QED) is 0.727. The average molecular weight is 196 g/mol. The summed E-state index contributed by atoms with van der Waals surface area (Å²) < 4.78 is 0. The fourth-order valence-electron chi connectivity index (χ4n) is 1.65. The van der Waals surface area contributed by atoms with Crippen LogP contribution < -0.4 is 4.90 Å². The Balaban J connectivity index is 2.32. The normalized spacial score (nSPS) is 13.1. The van der Waals surface area contributed by atoms with Crippen LogP contribution in [-0.2, 0) is 0 Å². The molecule has 74 valence electrons. The van der Waals surface area contributed by atoms with Gasteiger partial charge in [-0.1, -0.05) is 30.4 Å². The van der Waals surface area contributed by atoms with Crippen LogP contribution in [0.25, 0.3) is 6.08 Å². The number of allylic oxidation sites excluding steroid dienone is 2. The molecule has 0 atom stereocenters. The monoisotopic (exact) mass is 196 g/mol. The third kappa shape index (κ3) is 2.08. The van der Waals surface area contributed by atoms with Crippen molar-refractivity contribution in [3.05, 3.63) is 48.2 Å². The van der Waals surface area contributed by atoms with E-state index in [4.69, 9.17) is 5.26 Å². The molecule has 2 rings (SSSR count).